The highest BCUT2D eigenvalue weighted by molar-refractivity contribution is 5.47. The van der Waals surface area contributed by atoms with Crippen molar-refractivity contribution in [1.29, 1.82) is 0 Å². The Kier molecular flexibility index (Phi) is 4.93. The van der Waals surface area contributed by atoms with E-state index in [-0.39, 0.29) is 25.4 Å². The molecule has 0 aliphatic rings. The van der Waals surface area contributed by atoms with Gasteiger partial charge in [-0.1, -0.05) is 0 Å². The van der Waals surface area contributed by atoms with Crippen LogP contribution >= 0.6 is 0 Å². The molecular weight excluding hydrogens is 250 g/mol. The Labute approximate surface area is 111 Å². The van der Waals surface area contributed by atoms with Gasteiger partial charge in [0.2, 0.25) is 0 Å². The van der Waals surface area contributed by atoms with E-state index in [0.29, 0.717) is 16.8 Å². The lowest BCUT2D eigenvalue weighted by atomic mass is 10.0. The van der Waals surface area contributed by atoms with Crippen LogP contribution in [0.1, 0.15) is 23.7 Å². The van der Waals surface area contributed by atoms with Crippen molar-refractivity contribution < 1.29 is 15.1 Å². The quantitative estimate of drug-likeness (QED) is 0.511. The summed E-state index contributed by atoms with van der Waals surface area (Å²) in [6, 6.07) is 0. The molecular formula is C12H19N3O4. The van der Waals surface area contributed by atoms with Crippen LogP contribution in [0.3, 0.4) is 0 Å². The van der Waals surface area contributed by atoms with Crippen LogP contribution in [-0.4, -0.2) is 38.9 Å². The van der Waals surface area contributed by atoms with Gasteiger partial charge in [-0.2, -0.15) is 0 Å². The summed E-state index contributed by atoms with van der Waals surface area (Å²) in [5, 5.41) is 32.3. The molecule has 0 aliphatic carbocycles. The smallest absolute Gasteiger partial charge is 0.278 e. The molecule has 1 rings (SSSR count). The average Bonchev–Trinajstić information content (AvgIpc) is 2.37. The zero-order valence-electron chi connectivity index (χ0n) is 11.3. The van der Waals surface area contributed by atoms with Crippen molar-refractivity contribution in [3.63, 3.8) is 0 Å². The monoisotopic (exact) mass is 269 g/mol. The van der Waals surface area contributed by atoms with Crippen LogP contribution in [-0.2, 0) is 6.54 Å². The molecule has 1 heterocycles. The van der Waals surface area contributed by atoms with E-state index in [1.807, 2.05) is 0 Å². The van der Waals surface area contributed by atoms with E-state index in [1.54, 1.807) is 20.8 Å². The Morgan fingerprint density at radius 2 is 2.00 bits per heavy atom. The number of rotatable bonds is 6. The third-order valence-corrected chi connectivity index (χ3v) is 3.14. The number of pyridine rings is 1. The summed E-state index contributed by atoms with van der Waals surface area (Å²) >= 11 is 0. The topological polar surface area (TPSA) is 109 Å². The minimum Gasteiger partial charge on any atom is -0.394 e. The molecule has 0 fully saturated rings. The fraction of sp³-hybridized carbons (Fsp3) is 0.583. The lowest BCUT2D eigenvalue weighted by molar-refractivity contribution is -0.386. The fourth-order valence-electron chi connectivity index (χ4n) is 1.68. The minimum atomic E-state index is -0.839. The third-order valence-electron chi connectivity index (χ3n) is 3.14. The number of aliphatic hydroxyl groups excluding tert-OH is 2. The van der Waals surface area contributed by atoms with Crippen molar-refractivity contribution in [2.45, 2.75) is 32.9 Å². The molecule has 1 aromatic heterocycles. The third kappa shape index (κ3) is 3.46. The molecule has 7 nitrogen and oxygen atoms in total. The number of hydrogen-bond acceptors (Lipinski definition) is 6. The van der Waals surface area contributed by atoms with Crippen molar-refractivity contribution in [2.75, 3.05) is 13.2 Å². The van der Waals surface area contributed by atoms with Crippen molar-refractivity contribution in [3.8, 4) is 0 Å². The first-order valence-electron chi connectivity index (χ1n) is 5.91. The van der Waals surface area contributed by atoms with E-state index in [2.05, 4.69) is 10.3 Å². The van der Waals surface area contributed by atoms with Crippen molar-refractivity contribution in [2.24, 2.45) is 0 Å². The standard InChI is InChI=1S/C12H19N3O4/c1-8-4-13-10(9(2)11(8)15(18)19)5-14-12(3,6-16)7-17/h4,14,16-17H,5-7H2,1-3H3. The zero-order chi connectivity index (χ0) is 14.6. The lowest BCUT2D eigenvalue weighted by Gasteiger charge is -2.26. The van der Waals surface area contributed by atoms with E-state index >= 15 is 0 Å². The highest BCUT2D eigenvalue weighted by Gasteiger charge is 2.24. The van der Waals surface area contributed by atoms with Crippen molar-refractivity contribution >= 4 is 5.69 Å². The number of nitro groups is 1. The summed E-state index contributed by atoms with van der Waals surface area (Å²) < 4.78 is 0. The molecule has 0 atom stereocenters. The van der Waals surface area contributed by atoms with Gasteiger partial charge >= 0.3 is 0 Å². The summed E-state index contributed by atoms with van der Waals surface area (Å²) in [6.45, 7) is 4.70. The number of aromatic nitrogens is 1. The number of aliphatic hydroxyl groups is 2. The maximum Gasteiger partial charge on any atom is 0.278 e. The van der Waals surface area contributed by atoms with Gasteiger partial charge < -0.3 is 15.5 Å². The van der Waals surface area contributed by atoms with E-state index in [1.165, 1.54) is 6.20 Å². The molecule has 3 N–H and O–H groups in total. The first-order valence-corrected chi connectivity index (χ1v) is 5.91. The lowest BCUT2D eigenvalue weighted by Crippen LogP contribution is -2.48. The SMILES string of the molecule is Cc1cnc(CNC(C)(CO)CO)c(C)c1[N+](=O)[O-]. The molecule has 0 amide bonds. The second kappa shape index (κ2) is 6.05. The van der Waals surface area contributed by atoms with E-state index in [4.69, 9.17) is 10.2 Å². The van der Waals surface area contributed by atoms with Crippen molar-refractivity contribution in [3.05, 3.63) is 33.1 Å². The summed E-state index contributed by atoms with van der Waals surface area (Å²) in [5.74, 6) is 0. The van der Waals surface area contributed by atoms with Gasteiger partial charge in [0.15, 0.2) is 0 Å². The van der Waals surface area contributed by atoms with Crippen LogP contribution in [0.2, 0.25) is 0 Å². The number of hydrogen-bond donors (Lipinski definition) is 3. The Hall–Kier alpha value is -1.57. The van der Waals surface area contributed by atoms with Crippen LogP contribution in [0, 0.1) is 24.0 Å². The number of aryl methyl sites for hydroxylation is 1. The molecule has 1 aromatic rings. The molecule has 0 spiro atoms. The molecule has 0 aromatic carbocycles. The maximum atomic E-state index is 11.0. The first-order chi connectivity index (χ1) is 8.84. The van der Waals surface area contributed by atoms with E-state index in [9.17, 15) is 10.1 Å². The first kappa shape index (κ1) is 15.5. The predicted octanol–water partition coefficient (Wildman–Crippen LogP) is 0.440. The fourth-order valence-corrected chi connectivity index (χ4v) is 1.68. The molecule has 0 saturated carbocycles. The molecule has 0 unspecified atom stereocenters. The Bertz CT molecular complexity index is 472. The molecule has 106 valence electrons. The van der Waals surface area contributed by atoms with E-state index < -0.39 is 10.5 Å². The Morgan fingerprint density at radius 3 is 2.47 bits per heavy atom. The second-order valence-electron chi connectivity index (χ2n) is 4.85. The van der Waals surface area contributed by atoms with Gasteiger partial charge in [-0.15, -0.1) is 0 Å². The van der Waals surface area contributed by atoms with Gasteiger partial charge in [0.25, 0.3) is 5.69 Å². The van der Waals surface area contributed by atoms with Crippen LogP contribution in [0.25, 0.3) is 0 Å². The van der Waals surface area contributed by atoms with Crippen LogP contribution in [0.15, 0.2) is 6.20 Å². The molecule has 19 heavy (non-hydrogen) atoms. The van der Waals surface area contributed by atoms with Crippen LogP contribution in [0.4, 0.5) is 5.69 Å². The van der Waals surface area contributed by atoms with Crippen molar-refractivity contribution in [1.82, 2.24) is 10.3 Å². The second-order valence-corrected chi connectivity index (χ2v) is 4.85. The highest BCUT2D eigenvalue weighted by Crippen LogP contribution is 2.24. The maximum absolute atomic E-state index is 11.0. The molecule has 0 saturated heterocycles. The van der Waals surface area contributed by atoms with Gasteiger partial charge in [-0.05, 0) is 20.8 Å². The van der Waals surface area contributed by atoms with Gasteiger partial charge in [0, 0.05) is 23.9 Å². The van der Waals surface area contributed by atoms with Crippen LogP contribution in [0.5, 0.6) is 0 Å². The molecule has 0 bridgehead atoms. The number of nitrogens with zero attached hydrogens (tertiary/aromatic N) is 2. The summed E-state index contributed by atoms with van der Waals surface area (Å²) in [4.78, 5) is 14.7. The molecule has 7 heteroatoms. The van der Waals surface area contributed by atoms with Gasteiger partial charge in [-0.3, -0.25) is 15.1 Å². The van der Waals surface area contributed by atoms with Crippen LogP contribution < -0.4 is 5.32 Å². The number of nitrogens with one attached hydrogen (secondary N) is 1. The normalized spacial score (nSPS) is 11.6. The van der Waals surface area contributed by atoms with Gasteiger partial charge in [0.05, 0.1) is 29.4 Å². The molecule has 0 aliphatic heterocycles. The summed E-state index contributed by atoms with van der Waals surface area (Å²) in [5.41, 5.74) is 0.759. The molecule has 0 radical (unpaired) electrons. The largest absolute Gasteiger partial charge is 0.394 e. The Morgan fingerprint density at radius 1 is 1.42 bits per heavy atom. The van der Waals surface area contributed by atoms with Gasteiger partial charge in [-0.25, -0.2) is 0 Å². The van der Waals surface area contributed by atoms with Gasteiger partial charge in [0.1, 0.15) is 0 Å². The predicted molar refractivity (Wildman–Crippen MR) is 69.8 cm³/mol. The average molecular weight is 269 g/mol. The zero-order valence-corrected chi connectivity index (χ0v) is 11.3. The minimum absolute atomic E-state index is 0.0569. The summed E-state index contributed by atoms with van der Waals surface area (Å²) in [7, 11) is 0. The summed E-state index contributed by atoms with van der Waals surface area (Å²) in [6.07, 6.45) is 1.46. The highest BCUT2D eigenvalue weighted by atomic mass is 16.6. The Balaban J connectivity index is 2.98. The van der Waals surface area contributed by atoms with E-state index in [0.717, 1.165) is 0 Å².